The number of rotatable bonds is 3. The fraction of sp³-hybridized carbons (Fsp3) is 0.0769. The van der Waals surface area contributed by atoms with Crippen molar-refractivity contribution in [3.8, 4) is 0 Å². The van der Waals surface area contributed by atoms with Gasteiger partial charge in [0.2, 0.25) is 0 Å². The van der Waals surface area contributed by atoms with Crippen LogP contribution < -0.4 is 10.5 Å². The molecule has 0 saturated heterocycles. The molecule has 0 saturated carbocycles. The van der Waals surface area contributed by atoms with Gasteiger partial charge in [0, 0.05) is 10.2 Å². The Morgan fingerprint density at radius 1 is 1.29 bits per heavy atom. The fourth-order valence-corrected chi connectivity index (χ4v) is 3.82. The van der Waals surface area contributed by atoms with E-state index in [-0.39, 0.29) is 15.6 Å². The summed E-state index contributed by atoms with van der Waals surface area (Å²) in [7, 11) is -3.89. The van der Waals surface area contributed by atoms with Crippen LogP contribution in [0.15, 0.2) is 39.7 Å². The summed E-state index contributed by atoms with van der Waals surface area (Å²) in [6.07, 6.45) is 0. The highest BCUT2D eigenvalue weighted by molar-refractivity contribution is 9.10. The lowest BCUT2D eigenvalue weighted by molar-refractivity contribution is 0.600. The third-order valence-electron chi connectivity index (χ3n) is 2.83. The second-order valence-electron chi connectivity index (χ2n) is 4.35. The molecule has 0 atom stereocenters. The lowest BCUT2D eigenvalue weighted by Crippen LogP contribution is -2.15. The van der Waals surface area contributed by atoms with Gasteiger partial charge in [-0.25, -0.2) is 12.8 Å². The van der Waals surface area contributed by atoms with Crippen LogP contribution in [0.3, 0.4) is 0 Å². The molecule has 2 aromatic rings. The molecule has 0 aliphatic heterocycles. The number of halogens is 3. The maximum Gasteiger partial charge on any atom is 0.262 e. The Hall–Kier alpha value is -1.31. The lowest BCUT2D eigenvalue weighted by Gasteiger charge is -2.12. The van der Waals surface area contributed by atoms with E-state index in [0.717, 1.165) is 6.07 Å². The standard InChI is InChI=1S/C13H11BrClFN2O2S/c1-7-12(17)4-8(14)5-13(7)21(19,20)18-9-2-3-10(15)11(16)6-9/h2-6,18H,17H2,1H3. The van der Waals surface area contributed by atoms with Crippen LogP contribution in [-0.2, 0) is 10.0 Å². The van der Waals surface area contributed by atoms with Crippen LogP contribution in [0.2, 0.25) is 5.02 Å². The van der Waals surface area contributed by atoms with Gasteiger partial charge in [-0.05, 0) is 42.8 Å². The number of hydrogen-bond donors (Lipinski definition) is 2. The Balaban J connectivity index is 2.45. The monoisotopic (exact) mass is 392 g/mol. The summed E-state index contributed by atoms with van der Waals surface area (Å²) in [4.78, 5) is 0.0183. The number of nitrogens with two attached hydrogens (primary N) is 1. The van der Waals surface area contributed by atoms with E-state index in [1.54, 1.807) is 13.0 Å². The van der Waals surface area contributed by atoms with E-state index in [1.807, 2.05) is 0 Å². The van der Waals surface area contributed by atoms with Gasteiger partial charge in [0.1, 0.15) is 5.82 Å². The predicted octanol–water partition coefficient (Wildman–Crippen LogP) is 3.93. The van der Waals surface area contributed by atoms with Gasteiger partial charge in [0.05, 0.1) is 15.6 Å². The van der Waals surface area contributed by atoms with E-state index in [9.17, 15) is 12.8 Å². The van der Waals surface area contributed by atoms with Crippen molar-refractivity contribution in [1.82, 2.24) is 0 Å². The normalized spacial score (nSPS) is 11.4. The highest BCUT2D eigenvalue weighted by Crippen LogP contribution is 2.28. The highest BCUT2D eigenvalue weighted by atomic mass is 79.9. The first kappa shape index (κ1) is 16.1. The van der Waals surface area contributed by atoms with Crippen LogP contribution >= 0.6 is 27.5 Å². The van der Waals surface area contributed by atoms with Crippen molar-refractivity contribution >= 4 is 48.9 Å². The van der Waals surface area contributed by atoms with Crippen LogP contribution in [0, 0.1) is 12.7 Å². The van der Waals surface area contributed by atoms with Crippen molar-refractivity contribution in [2.24, 2.45) is 0 Å². The Morgan fingerprint density at radius 3 is 2.57 bits per heavy atom. The molecule has 0 aromatic heterocycles. The van der Waals surface area contributed by atoms with Crippen molar-refractivity contribution in [2.75, 3.05) is 10.5 Å². The molecule has 21 heavy (non-hydrogen) atoms. The first-order chi connectivity index (χ1) is 9.70. The van der Waals surface area contributed by atoms with E-state index < -0.39 is 15.8 Å². The van der Waals surface area contributed by atoms with Crippen LogP contribution in [0.1, 0.15) is 5.56 Å². The number of sulfonamides is 1. The van der Waals surface area contributed by atoms with E-state index >= 15 is 0 Å². The molecule has 0 amide bonds. The number of anilines is 2. The van der Waals surface area contributed by atoms with Crippen LogP contribution in [0.4, 0.5) is 15.8 Å². The maximum absolute atomic E-state index is 13.4. The van der Waals surface area contributed by atoms with Crippen molar-refractivity contribution in [3.63, 3.8) is 0 Å². The molecule has 0 aliphatic rings. The predicted molar refractivity (Wildman–Crippen MR) is 85.5 cm³/mol. The molecular formula is C13H11BrClFN2O2S. The molecular weight excluding hydrogens is 383 g/mol. The molecule has 0 radical (unpaired) electrons. The highest BCUT2D eigenvalue weighted by Gasteiger charge is 2.19. The zero-order valence-corrected chi connectivity index (χ0v) is 14.0. The van der Waals surface area contributed by atoms with Gasteiger partial charge < -0.3 is 5.73 Å². The Labute approximate surface area is 135 Å². The molecule has 0 spiro atoms. The second-order valence-corrected chi connectivity index (χ2v) is 7.33. The minimum absolute atomic E-state index is 0.0183. The van der Waals surface area contributed by atoms with E-state index in [4.69, 9.17) is 17.3 Å². The summed E-state index contributed by atoms with van der Waals surface area (Å²) >= 11 is 8.76. The van der Waals surface area contributed by atoms with Gasteiger partial charge in [-0.2, -0.15) is 0 Å². The summed E-state index contributed by atoms with van der Waals surface area (Å²) in [6, 6.07) is 6.70. The smallest absolute Gasteiger partial charge is 0.262 e. The summed E-state index contributed by atoms with van der Waals surface area (Å²) < 4.78 is 41.0. The number of benzene rings is 2. The fourth-order valence-electron chi connectivity index (χ4n) is 1.72. The van der Waals surface area contributed by atoms with E-state index in [2.05, 4.69) is 20.7 Å². The SMILES string of the molecule is Cc1c(N)cc(Br)cc1S(=O)(=O)Nc1ccc(Cl)c(F)c1. The van der Waals surface area contributed by atoms with Gasteiger partial charge in [-0.3, -0.25) is 4.72 Å². The van der Waals surface area contributed by atoms with Crippen molar-refractivity contribution in [1.29, 1.82) is 0 Å². The summed E-state index contributed by atoms with van der Waals surface area (Å²) in [5, 5.41) is -0.0826. The topological polar surface area (TPSA) is 72.2 Å². The summed E-state index contributed by atoms with van der Waals surface area (Å²) in [5.41, 5.74) is 6.59. The molecule has 3 N–H and O–H groups in total. The third-order valence-corrected chi connectivity index (χ3v) is 5.10. The molecule has 0 aliphatic carbocycles. The van der Waals surface area contributed by atoms with Crippen LogP contribution in [-0.4, -0.2) is 8.42 Å². The van der Waals surface area contributed by atoms with Crippen LogP contribution in [0.25, 0.3) is 0 Å². The lowest BCUT2D eigenvalue weighted by atomic mass is 10.2. The van der Waals surface area contributed by atoms with Gasteiger partial charge in [0.15, 0.2) is 0 Å². The van der Waals surface area contributed by atoms with Gasteiger partial charge in [0.25, 0.3) is 10.0 Å². The van der Waals surface area contributed by atoms with E-state index in [0.29, 0.717) is 15.7 Å². The quantitative estimate of drug-likeness (QED) is 0.776. The first-order valence-electron chi connectivity index (χ1n) is 5.74. The van der Waals surface area contributed by atoms with Crippen molar-refractivity contribution in [3.05, 3.63) is 51.2 Å². The van der Waals surface area contributed by atoms with Gasteiger partial charge >= 0.3 is 0 Å². The first-order valence-corrected chi connectivity index (χ1v) is 8.39. The van der Waals surface area contributed by atoms with Gasteiger partial charge in [-0.15, -0.1) is 0 Å². The molecule has 2 aromatic carbocycles. The Bertz CT molecular complexity index is 812. The minimum Gasteiger partial charge on any atom is -0.398 e. The van der Waals surface area contributed by atoms with Crippen molar-refractivity contribution < 1.29 is 12.8 Å². The number of hydrogen-bond acceptors (Lipinski definition) is 3. The molecule has 112 valence electrons. The number of nitrogen functional groups attached to an aromatic ring is 1. The van der Waals surface area contributed by atoms with Crippen LogP contribution in [0.5, 0.6) is 0 Å². The molecule has 4 nitrogen and oxygen atoms in total. The Kier molecular flexibility index (Phi) is 4.46. The molecule has 2 rings (SSSR count). The van der Waals surface area contributed by atoms with Gasteiger partial charge in [-0.1, -0.05) is 27.5 Å². The zero-order valence-electron chi connectivity index (χ0n) is 10.8. The summed E-state index contributed by atoms with van der Waals surface area (Å²) in [6.45, 7) is 1.60. The summed E-state index contributed by atoms with van der Waals surface area (Å²) in [5.74, 6) is -0.706. The molecule has 0 unspecified atom stereocenters. The molecule has 0 heterocycles. The van der Waals surface area contributed by atoms with Crippen molar-refractivity contribution in [2.45, 2.75) is 11.8 Å². The minimum atomic E-state index is -3.89. The molecule has 0 fully saturated rings. The Morgan fingerprint density at radius 2 is 1.95 bits per heavy atom. The average Bonchev–Trinajstić information content (AvgIpc) is 2.37. The molecule has 0 bridgehead atoms. The zero-order chi connectivity index (χ0) is 15.8. The molecule has 8 heteroatoms. The third kappa shape index (κ3) is 3.48. The number of nitrogens with one attached hydrogen (secondary N) is 1. The largest absolute Gasteiger partial charge is 0.398 e. The second kappa shape index (κ2) is 5.82. The average molecular weight is 394 g/mol. The van der Waals surface area contributed by atoms with E-state index in [1.165, 1.54) is 18.2 Å². The maximum atomic E-state index is 13.4.